The van der Waals surface area contributed by atoms with Crippen molar-refractivity contribution in [1.29, 1.82) is 0 Å². The Morgan fingerprint density at radius 2 is 1.60 bits per heavy atom. The van der Waals surface area contributed by atoms with Crippen LogP contribution in [0.1, 0.15) is 97.4 Å². The number of fused-ring (bicyclic) bond motifs is 5. The number of cyclic esters (lactones) is 1. The van der Waals surface area contributed by atoms with E-state index in [1.54, 1.807) is 42.3 Å². The molecule has 2 aromatic carbocycles. The van der Waals surface area contributed by atoms with Gasteiger partial charge in [-0.3, -0.25) is 38.4 Å². The number of carbonyl (C=O) groups excluding carboxylic acids is 8. The van der Waals surface area contributed by atoms with Crippen LogP contribution in [-0.2, 0) is 79.4 Å². The van der Waals surface area contributed by atoms with E-state index in [0.717, 1.165) is 6.07 Å². The van der Waals surface area contributed by atoms with Gasteiger partial charge in [0.05, 0.1) is 54.7 Å². The number of unbranched alkanes of at least 4 members (excludes halogenated alkanes) is 2. The highest BCUT2D eigenvalue weighted by Gasteiger charge is 2.48. The first-order valence-electron chi connectivity index (χ1n) is 24.9. The Bertz CT molecular complexity index is 3060. The second kappa shape index (κ2) is 24.0. The first-order valence-corrected chi connectivity index (χ1v) is 24.9. The number of aliphatic hydroxyl groups is 1. The molecule has 4 heterocycles. The van der Waals surface area contributed by atoms with Crippen LogP contribution in [0.25, 0.3) is 22.3 Å². The van der Waals surface area contributed by atoms with Gasteiger partial charge in [-0.25, -0.2) is 14.2 Å². The Morgan fingerprint density at radius 3 is 2.30 bits per heavy atom. The first-order chi connectivity index (χ1) is 36.5. The molecule has 0 radical (unpaired) electrons. The van der Waals surface area contributed by atoms with Crippen LogP contribution in [0.5, 0.6) is 0 Å². The maximum absolute atomic E-state index is 15.4. The predicted octanol–water partition coefficient (Wildman–Crippen LogP) is 1.77. The largest absolute Gasteiger partial charge is 0.458 e. The SMILES string of the molecule is CC[C@@]1(O)C(=O)OCc2c1cc1n(c2=O)Cc2c-1nc1cc(F)c(C)c3c1c2[C@@H](NC(=O)[C@@H](OCNC(=O)CNC(=O)[C@H](Cc1ccccc1)NC(=O)CNC(=O)CNC(=O)CCCCCN(C)C(C)=O)C(F)(F)F)CC3. The summed E-state index contributed by atoms with van der Waals surface area (Å²) in [7, 11) is 1.68. The van der Waals surface area contributed by atoms with E-state index in [2.05, 4.69) is 31.9 Å². The van der Waals surface area contributed by atoms with E-state index in [0.29, 0.717) is 47.9 Å². The molecule has 7 amide bonds. The molecular formula is C52H59F4N9O12. The first kappa shape index (κ1) is 56.9. The maximum atomic E-state index is 15.4. The Morgan fingerprint density at radius 1 is 0.909 bits per heavy atom. The van der Waals surface area contributed by atoms with Crippen molar-refractivity contribution in [3.05, 3.63) is 97.6 Å². The van der Waals surface area contributed by atoms with Crippen molar-refractivity contribution >= 4 is 58.2 Å². The van der Waals surface area contributed by atoms with Gasteiger partial charge < -0.3 is 55.9 Å². The van der Waals surface area contributed by atoms with E-state index in [9.17, 15) is 61.4 Å². The summed E-state index contributed by atoms with van der Waals surface area (Å²) < 4.78 is 70.7. The molecule has 3 aliphatic rings. The van der Waals surface area contributed by atoms with E-state index in [-0.39, 0.29) is 89.6 Å². The standard InChI is InChI=1S/C52H59F4N9O12/c1-5-51(75)33-19-38-45-31(24-65(38)49(73)32(33)25-76-50(51)74)44-35(16-15-30-27(2)34(53)20-36(62-45)43(30)44)63-48(72)46(52(54,55)56)77-26-60-41(69)22-59-47(71)37(18-29-12-8-6-9-13-29)61-42(70)23-58-40(68)21-57-39(67)14-10-7-11-17-64(4)28(3)66/h6,8-9,12-13,19-20,35,37,46,75H,5,7,10-11,14-18,21-26H2,1-4H3,(H,57,67)(H,58,68)(H,59,71)(H,60,69)(H,61,70)(H,63,72)/t35-,37-,46+,51-/m0/s1. The number of aromatic nitrogens is 2. The summed E-state index contributed by atoms with van der Waals surface area (Å²) in [5, 5.41) is 25.8. The smallest absolute Gasteiger partial charge is 0.423 e. The monoisotopic (exact) mass is 1080 g/mol. The highest BCUT2D eigenvalue weighted by Crippen LogP contribution is 2.46. The average molecular weight is 1080 g/mol. The zero-order valence-corrected chi connectivity index (χ0v) is 42.7. The number of halogens is 4. The second-order valence-electron chi connectivity index (χ2n) is 19.1. The molecule has 2 aliphatic heterocycles. The van der Waals surface area contributed by atoms with Crippen molar-refractivity contribution in [3.8, 4) is 11.4 Å². The Hall–Kier alpha value is -7.80. The molecule has 4 atom stereocenters. The van der Waals surface area contributed by atoms with Gasteiger partial charge in [-0.1, -0.05) is 43.7 Å². The number of aryl methyl sites for hydroxylation is 1. The van der Waals surface area contributed by atoms with Gasteiger partial charge >= 0.3 is 12.1 Å². The average Bonchev–Trinajstić information content (AvgIpc) is 3.82. The molecular weight excluding hydrogens is 1020 g/mol. The summed E-state index contributed by atoms with van der Waals surface area (Å²) >= 11 is 0. The number of carbonyl (C=O) groups is 8. The van der Waals surface area contributed by atoms with Crippen molar-refractivity contribution in [2.75, 3.05) is 40.0 Å². The summed E-state index contributed by atoms with van der Waals surface area (Å²) in [6.07, 6.45) is -6.52. The third kappa shape index (κ3) is 12.9. The minimum absolute atomic E-state index is 0.00356. The fourth-order valence-electron chi connectivity index (χ4n) is 9.61. The van der Waals surface area contributed by atoms with Crippen LogP contribution in [0.4, 0.5) is 17.6 Å². The van der Waals surface area contributed by atoms with Gasteiger partial charge in [-0.15, -0.1) is 0 Å². The number of nitrogens with zero attached hydrogens (tertiary/aromatic N) is 3. The molecule has 21 nitrogen and oxygen atoms in total. The van der Waals surface area contributed by atoms with Crippen LogP contribution in [0.15, 0.2) is 47.3 Å². The molecule has 25 heteroatoms. The molecule has 1 aliphatic carbocycles. The number of nitrogens with one attached hydrogen (secondary N) is 6. The van der Waals surface area contributed by atoms with Gasteiger partial charge in [0.15, 0.2) is 5.60 Å². The summed E-state index contributed by atoms with van der Waals surface area (Å²) in [5.41, 5.74) is -0.414. The van der Waals surface area contributed by atoms with Crippen molar-refractivity contribution in [2.24, 2.45) is 0 Å². The highest BCUT2D eigenvalue weighted by atomic mass is 19.4. The lowest BCUT2D eigenvalue weighted by Crippen LogP contribution is -2.52. The van der Waals surface area contributed by atoms with Crippen molar-refractivity contribution in [2.45, 2.75) is 115 Å². The fourth-order valence-corrected chi connectivity index (χ4v) is 9.61. The summed E-state index contributed by atoms with van der Waals surface area (Å²) in [6, 6.07) is 8.52. The van der Waals surface area contributed by atoms with Crippen LogP contribution < -0.4 is 37.5 Å². The van der Waals surface area contributed by atoms with Crippen LogP contribution in [0.2, 0.25) is 0 Å². The van der Waals surface area contributed by atoms with Crippen LogP contribution in [0.3, 0.4) is 0 Å². The molecule has 0 spiro atoms. The molecule has 0 unspecified atom stereocenters. The van der Waals surface area contributed by atoms with Gasteiger partial charge in [-0.05, 0) is 67.3 Å². The Kier molecular flexibility index (Phi) is 17.8. The minimum Gasteiger partial charge on any atom is -0.458 e. The van der Waals surface area contributed by atoms with E-state index in [4.69, 9.17) is 14.5 Å². The lowest BCUT2D eigenvalue weighted by Gasteiger charge is -2.31. The second-order valence-corrected chi connectivity index (χ2v) is 19.1. The summed E-state index contributed by atoms with van der Waals surface area (Å²) in [6.45, 7) is 1.49. The molecule has 7 N–H and O–H groups in total. The summed E-state index contributed by atoms with van der Waals surface area (Å²) in [5.74, 6) is -7.07. The van der Waals surface area contributed by atoms with E-state index < -0.39 is 110 Å². The number of pyridine rings is 2. The number of alkyl halides is 3. The molecule has 7 rings (SSSR count). The Balaban J connectivity index is 0.958. The lowest BCUT2D eigenvalue weighted by atomic mass is 9.81. The van der Waals surface area contributed by atoms with Crippen molar-refractivity contribution in [1.82, 2.24) is 46.4 Å². The number of ether oxygens (including phenoxy) is 2. The molecule has 77 heavy (non-hydrogen) atoms. The number of esters is 1. The molecule has 0 saturated carbocycles. The van der Waals surface area contributed by atoms with Gasteiger partial charge in [0.25, 0.3) is 11.5 Å². The van der Waals surface area contributed by atoms with Gasteiger partial charge in [0.1, 0.15) is 25.2 Å². The third-order valence-electron chi connectivity index (χ3n) is 13.9. The molecule has 412 valence electrons. The molecule has 2 aromatic heterocycles. The number of hydrogen-bond acceptors (Lipinski definition) is 13. The van der Waals surface area contributed by atoms with Crippen molar-refractivity contribution in [3.63, 3.8) is 0 Å². The van der Waals surface area contributed by atoms with E-state index in [1.807, 2.05) is 0 Å². The minimum atomic E-state index is -5.32. The molecule has 0 bridgehead atoms. The highest BCUT2D eigenvalue weighted by molar-refractivity contribution is 5.95. The normalized spacial score (nSPS) is 16.9. The van der Waals surface area contributed by atoms with Gasteiger partial charge in [0, 0.05) is 55.9 Å². The van der Waals surface area contributed by atoms with E-state index in [1.165, 1.54) is 31.4 Å². The zero-order valence-electron chi connectivity index (χ0n) is 42.7. The van der Waals surface area contributed by atoms with Gasteiger partial charge in [0.2, 0.25) is 41.5 Å². The zero-order chi connectivity index (χ0) is 55.9. The topological polar surface area (TPSA) is 286 Å². The van der Waals surface area contributed by atoms with Crippen LogP contribution in [0, 0.1) is 12.7 Å². The number of benzene rings is 2. The molecule has 4 aromatic rings. The Labute approximate surface area is 438 Å². The number of amides is 7. The predicted molar refractivity (Wildman–Crippen MR) is 265 cm³/mol. The number of rotatable bonds is 22. The number of hydrogen-bond donors (Lipinski definition) is 7. The molecule has 0 saturated heterocycles. The van der Waals surface area contributed by atoms with Crippen LogP contribution >= 0.6 is 0 Å². The van der Waals surface area contributed by atoms with Crippen LogP contribution in [-0.4, -0.2) is 125 Å². The van der Waals surface area contributed by atoms with Gasteiger partial charge in [-0.2, -0.15) is 13.2 Å². The maximum Gasteiger partial charge on any atom is 0.423 e. The summed E-state index contributed by atoms with van der Waals surface area (Å²) in [4.78, 5) is 122. The van der Waals surface area contributed by atoms with E-state index >= 15 is 4.39 Å². The third-order valence-corrected chi connectivity index (χ3v) is 13.9. The fraction of sp³-hybridized carbons (Fsp3) is 0.462. The quantitative estimate of drug-likeness (QED) is 0.0226. The lowest BCUT2D eigenvalue weighted by molar-refractivity contribution is -0.220. The molecule has 0 fully saturated rings. The van der Waals surface area contributed by atoms with Crippen molar-refractivity contribution < 1.29 is 70.5 Å².